The molecule has 22 heavy (non-hydrogen) atoms. The summed E-state index contributed by atoms with van der Waals surface area (Å²) in [7, 11) is 0. The predicted octanol–water partition coefficient (Wildman–Crippen LogP) is 4.14. The highest BCUT2D eigenvalue weighted by Gasteiger charge is 2.66. The normalized spacial score (nSPS) is 56.3. The highest BCUT2D eigenvalue weighted by Crippen LogP contribution is 2.72. The van der Waals surface area contributed by atoms with E-state index >= 15 is 0 Å². The van der Waals surface area contributed by atoms with Crippen molar-refractivity contribution in [1.29, 1.82) is 0 Å². The molecule has 4 saturated carbocycles. The van der Waals surface area contributed by atoms with Crippen molar-refractivity contribution in [3.63, 3.8) is 0 Å². The largest absolute Gasteiger partial charge is 0.393 e. The molecule has 0 aromatic carbocycles. The predicted molar refractivity (Wildman–Crippen MR) is 88.4 cm³/mol. The second kappa shape index (κ2) is 4.51. The molecule has 1 spiro atoms. The van der Waals surface area contributed by atoms with E-state index < -0.39 is 5.60 Å². The van der Waals surface area contributed by atoms with E-state index in [2.05, 4.69) is 20.8 Å². The van der Waals surface area contributed by atoms with Crippen LogP contribution in [0.15, 0.2) is 0 Å². The molecule has 4 aliphatic carbocycles. The lowest BCUT2D eigenvalue weighted by Gasteiger charge is -2.64. The maximum absolute atomic E-state index is 10.9. The standard InChI is InChI=1S/C20H34O2/c1-17(2)8-4-9-18(3)15(17)7-10-19-11-14(5-6-16(18)19)20(22,12-19)13-21/h14-16,21-22H,4-13H2,1-3H3/t14-,15+,16+,18-,19-,20+/m0/s1. The Morgan fingerprint density at radius 2 is 1.73 bits per heavy atom. The monoisotopic (exact) mass is 306 g/mol. The summed E-state index contributed by atoms with van der Waals surface area (Å²) in [5, 5.41) is 20.7. The SMILES string of the molecule is CC1(C)CCC[C@@]2(C)[C@@H]1CC[C@@]13C[C@H](CC[C@@H]12)[C@](O)(CO)C3. The van der Waals surface area contributed by atoms with Gasteiger partial charge in [-0.2, -0.15) is 0 Å². The molecular weight excluding hydrogens is 272 g/mol. The van der Waals surface area contributed by atoms with Crippen LogP contribution in [0.2, 0.25) is 0 Å². The fourth-order valence-corrected chi connectivity index (χ4v) is 8.13. The van der Waals surface area contributed by atoms with Gasteiger partial charge in [0.15, 0.2) is 0 Å². The van der Waals surface area contributed by atoms with Gasteiger partial charge in [0.1, 0.15) is 0 Å². The third kappa shape index (κ3) is 1.80. The average Bonchev–Trinajstić information content (AvgIpc) is 2.65. The lowest BCUT2D eigenvalue weighted by atomic mass is 9.41. The van der Waals surface area contributed by atoms with Gasteiger partial charge < -0.3 is 10.2 Å². The van der Waals surface area contributed by atoms with Crippen LogP contribution in [0.5, 0.6) is 0 Å². The Morgan fingerprint density at radius 1 is 0.955 bits per heavy atom. The van der Waals surface area contributed by atoms with Gasteiger partial charge >= 0.3 is 0 Å². The minimum atomic E-state index is -0.776. The van der Waals surface area contributed by atoms with Crippen LogP contribution in [0, 0.1) is 34.0 Å². The summed E-state index contributed by atoms with van der Waals surface area (Å²) >= 11 is 0. The Hall–Kier alpha value is -0.0800. The molecular formula is C20H34O2. The highest BCUT2D eigenvalue weighted by molar-refractivity contribution is 5.16. The van der Waals surface area contributed by atoms with Crippen LogP contribution in [0.25, 0.3) is 0 Å². The molecule has 0 saturated heterocycles. The molecule has 6 atom stereocenters. The molecule has 0 amide bonds. The van der Waals surface area contributed by atoms with E-state index in [1.54, 1.807) is 0 Å². The molecule has 0 aromatic heterocycles. The topological polar surface area (TPSA) is 40.5 Å². The Bertz CT molecular complexity index is 472. The highest BCUT2D eigenvalue weighted by atomic mass is 16.3. The summed E-state index contributed by atoms with van der Waals surface area (Å²) in [4.78, 5) is 0. The van der Waals surface area contributed by atoms with Gasteiger partial charge in [-0.05, 0) is 85.4 Å². The van der Waals surface area contributed by atoms with Crippen LogP contribution < -0.4 is 0 Å². The molecule has 0 aliphatic heterocycles. The van der Waals surface area contributed by atoms with E-state index in [-0.39, 0.29) is 6.61 Å². The minimum Gasteiger partial charge on any atom is -0.393 e. The van der Waals surface area contributed by atoms with Crippen molar-refractivity contribution in [2.45, 2.75) is 84.2 Å². The zero-order chi connectivity index (χ0) is 15.8. The summed E-state index contributed by atoms with van der Waals surface area (Å²) in [6.45, 7) is 7.55. The molecule has 2 bridgehead atoms. The Labute approximate surface area is 135 Å². The summed E-state index contributed by atoms with van der Waals surface area (Å²) in [6.07, 6.45) is 11.2. The second-order valence-corrected chi connectivity index (χ2v) is 10.3. The van der Waals surface area contributed by atoms with Gasteiger partial charge in [-0.1, -0.05) is 27.2 Å². The zero-order valence-corrected chi connectivity index (χ0v) is 14.7. The van der Waals surface area contributed by atoms with Crippen molar-refractivity contribution in [2.24, 2.45) is 34.0 Å². The number of fused-ring (bicyclic) bond motifs is 3. The lowest BCUT2D eigenvalue weighted by Crippen LogP contribution is -2.55. The second-order valence-electron chi connectivity index (χ2n) is 10.3. The van der Waals surface area contributed by atoms with Crippen LogP contribution in [0.3, 0.4) is 0 Å². The summed E-state index contributed by atoms with van der Waals surface area (Å²) in [5.74, 6) is 1.98. The molecule has 0 aromatic rings. The average molecular weight is 306 g/mol. The molecule has 4 fully saturated rings. The lowest BCUT2D eigenvalue weighted by molar-refractivity contribution is -0.145. The van der Waals surface area contributed by atoms with E-state index in [0.29, 0.717) is 22.2 Å². The van der Waals surface area contributed by atoms with Crippen LogP contribution in [0.1, 0.15) is 78.6 Å². The summed E-state index contributed by atoms with van der Waals surface area (Å²) in [5.41, 5.74) is 0.504. The molecule has 126 valence electrons. The number of aliphatic hydroxyl groups excluding tert-OH is 1. The first kappa shape index (κ1) is 15.4. The smallest absolute Gasteiger partial charge is 0.0910 e. The van der Waals surface area contributed by atoms with Crippen molar-refractivity contribution < 1.29 is 10.2 Å². The molecule has 0 unspecified atom stereocenters. The first-order valence-corrected chi connectivity index (χ1v) is 9.59. The molecule has 0 radical (unpaired) electrons. The first-order valence-electron chi connectivity index (χ1n) is 9.59. The Morgan fingerprint density at radius 3 is 2.45 bits per heavy atom. The van der Waals surface area contributed by atoms with Crippen molar-refractivity contribution in [3.8, 4) is 0 Å². The third-order valence-electron chi connectivity index (χ3n) is 8.89. The fraction of sp³-hybridized carbons (Fsp3) is 1.00. The van der Waals surface area contributed by atoms with Gasteiger partial charge in [0, 0.05) is 0 Å². The van der Waals surface area contributed by atoms with Crippen LogP contribution in [0.4, 0.5) is 0 Å². The van der Waals surface area contributed by atoms with Crippen LogP contribution in [-0.4, -0.2) is 22.4 Å². The van der Waals surface area contributed by atoms with E-state index in [0.717, 1.165) is 24.7 Å². The van der Waals surface area contributed by atoms with Gasteiger partial charge in [0.05, 0.1) is 12.2 Å². The van der Waals surface area contributed by atoms with E-state index in [1.807, 2.05) is 0 Å². The molecule has 4 aliphatic rings. The van der Waals surface area contributed by atoms with Crippen LogP contribution >= 0.6 is 0 Å². The van der Waals surface area contributed by atoms with E-state index in [1.165, 1.54) is 44.9 Å². The number of aliphatic hydroxyl groups is 2. The first-order chi connectivity index (χ1) is 10.3. The van der Waals surface area contributed by atoms with Crippen molar-refractivity contribution in [1.82, 2.24) is 0 Å². The zero-order valence-electron chi connectivity index (χ0n) is 14.7. The molecule has 2 heteroatoms. The summed E-state index contributed by atoms with van der Waals surface area (Å²) < 4.78 is 0. The maximum atomic E-state index is 10.9. The van der Waals surface area contributed by atoms with Crippen molar-refractivity contribution in [3.05, 3.63) is 0 Å². The third-order valence-corrected chi connectivity index (χ3v) is 8.89. The Balaban J connectivity index is 1.72. The van der Waals surface area contributed by atoms with Gasteiger partial charge in [-0.3, -0.25) is 0 Å². The van der Waals surface area contributed by atoms with E-state index in [4.69, 9.17) is 0 Å². The molecule has 2 N–H and O–H groups in total. The number of hydrogen-bond donors (Lipinski definition) is 2. The van der Waals surface area contributed by atoms with Gasteiger partial charge in [-0.15, -0.1) is 0 Å². The Kier molecular flexibility index (Phi) is 3.16. The van der Waals surface area contributed by atoms with Crippen molar-refractivity contribution in [2.75, 3.05) is 6.61 Å². The quantitative estimate of drug-likeness (QED) is 0.764. The van der Waals surface area contributed by atoms with Crippen LogP contribution in [-0.2, 0) is 0 Å². The van der Waals surface area contributed by atoms with Gasteiger partial charge in [0.25, 0.3) is 0 Å². The van der Waals surface area contributed by atoms with Gasteiger partial charge in [0.2, 0.25) is 0 Å². The molecule has 0 heterocycles. The maximum Gasteiger partial charge on any atom is 0.0910 e. The minimum absolute atomic E-state index is 0.0300. The summed E-state index contributed by atoms with van der Waals surface area (Å²) in [6, 6.07) is 0. The van der Waals surface area contributed by atoms with Gasteiger partial charge in [-0.25, -0.2) is 0 Å². The number of rotatable bonds is 1. The molecule has 4 rings (SSSR count). The van der Waals surface area contributed by atoms with E-state index in [9.17, 15) is 10.2 Å². The number of hydrogen-bond acceptors (Lipinski definition) is 2. The molecule has 2 nitrogen and oxygen atoms in total. The van der Waals surface area contributed by atoms with Crippen molar-refractivity contribution >= 4 is 0 Å². The fourth-order valence-electron chi connectivity index (χ4n) is 8.13.